The molecule has 126 valence electrons. The first-order valence-electron chi connectivity index (χ1n) is 8.20. The fourth-order valence-corrected chi connectivity index (χ4v) is 2.71. The standard InChI is InChI=1S/C21H21N3O/c1-14-6-4-9-17(12-14)24-21(25)19-13-18(10-11-22-19)23-20-15(2)7-5-8-16(20)3/h4-13H,1-3H3,(H,22,23)(H,24,25). The topological polar surface area (TPSA) is 54.0 Å². The first-order valence-corrected chi connectivity index (χ1v) is 8.20. The molecular formula is C21H21N3O. The molecule has 4 nitrogen and oxygen atoms in total. The Kier molecular flexibility index (Phi) is 4.80. The quantitative estimate of drug-likeness (QED) is 0.707. The highest BCUT2D eigenvalue weighted by atomic mass is 16.1. The predicted octanol–water partition coefficient (Wildman–Crippen LogP) is 5.00. The maximum absolute atomic E-state index is 12.5. The smallest absolute Gasteiger partial charge is 0.274 e. The van der Waals surface area contributed by atoms with E-state index in [2.05, 4.69) is 41.6 Å². The number of hydrogen-bond donors (Lipinski definition) is 2. The van der Waals surface area contributed by atoms with Gasteiger partial charge in [0.2, 0.25) is 0 Å². The van der Waals surface area contributed by atoms with Gasteiger partial charge < -0.3 is 10.6 Å². The van der Waals surface area contributed by atoms with E-state index in [-0.39, 0.29) is 5.91 Å². The zero-order chi connectivity index (χ0) is 17.8. The molecule has 0 atom stereocenters. The lowest BCUT2D eigenvalue weighted by molar-refractivity contribution is 0.102. The minimum atomic E-state index is -0.226. The van der Waals surface area contributed by atoms with Crippen LogP contribution in [-0.4, -0.2) is 10.9 Å². The molecule has 0 unspecified atom stereocenters. The van der Waals surface area contributed by atoms with E-state index in [0.29, 0.717) is 5.69 Å². The van der Waals surface area contributed by atoms with E-state index < -0.39 is 0 Å². The van der Waals surface area contributed by atoms with Crippen LogP contribution in [0.4, 0.5) is 17.1 Å². The number of amides is 1. The van der Waals surface area contributed by atoms with Crippen molar-refractivity contribution in [1.29, 1.82) is 0 Å². The fraction of sp³-hybridized carbons (Fsp3) is 0.143. The lowest BCUT2D eigenvalue weighted by Crippen LogP contribution is -2.14. The molecule has 2 N–H and O–H groups in total. The molecule has 0 aliphatic heterocycles. The van der Waals surface area contributed by atoms with Crippen LogP contribution in [0.5, 0.6) is 0 Å². The zero-order valence-electron chi connectivity index (χ0n) is 14.6. The van der Waals surface area contributed by atoms with Gasteiger partial charge in [0.1, 0.15) is 5.69 Å². The van der Waals surface area contributed by atoms with E-state index in [1.54, 1.807) is 12.3 Å². The SMILES string of the molecule is Cc1cccc(NC(=O)c2cc(Nc3c(C)cccc3C)ccn2)c1. The largest absolute Gasteiger partial charge is 0.355 e. The van der Waals surface area contributed by atoms with Crippen molar-refractivity contribution in [2.45, 2.75) is 20.8 Å². The Bertz CT molecular complexity index is 898. The van der Waals surface area contributed by atoms with Crippen molar-refractivity contribution >= 4 is 23.0 Å². The summed E-state index contributed by atoms with van der Waals surface area (Å²) in [6, 6.07) is 17.5. The van der Waals surface area contributed by atoms with Crippen LogP contribution in [0.15, 0.2) is 60.8 Å². The van der Waals surface area contributed by atoms with E-state index in [1.807, 2.05) is 43.3 Å². The summed E-state index contributed by atoms with van der Waals surface area (Å²) in [4.78, 5) is 16.7. The molecule has 0 bridgehead atoms. The van der Waals surface area contributed by atoms with Gasteiger partial charge in [-0.1, -0.05) is 30.3 Å². The molecule has 0 aliphatic carbocycles. The molecule has 25 heavy (non-hydrogen) atoms. The second-order valence-electron chi connectivity index (χ2n) is 6.15. The number of aromatic nitrogens is 1. The Morgan fingerprint density at radius 1 is 0.880 bits per heavy atom. The van der Waals surface area contributed by atoms with Crippen LogP contribution in [0.25, 0.3) is 0 Å². The second kappa shape index (κ2) is 7.18. The number of hydrogen-bond acceptors (Lipinski definition) is 3. The maximum atomic E-state index is 12.5. The van der Waals surface area contributed by atoms with E-state index in [1.165, 1.54) is 0 Å². The third-order valence-corrected chi connectivity index (χ3v) is 4.02. The van der Waals surface area contributed by atoms with Gasteiger partial charge in [-0.05, 0) is 61.7 Å². The van der Waals surface area contributed by atoms with Crippen LogP contribution in [-0.2, 0) is 0 Å². The van der Waals surface area contributed by atoms with Crippen molar-refractivity contribution in [2.75, 3.05) is 10.6 Å². The number of pyridine rings is 1. The number of benzene rings is 2. The van der Waals surface area contributed by atoms with Crippen LogP contribution in [0, 0.1) is 20.8 Å². The van der Waals surface area contributed by atoms with Gasteiger partial charge in [0, 0.05) is 23.3 Å². The Balaban J connectivity index is 1.80. The molecule has 1 amide bonds. The molecule has 0 fully saturated rings. The highest BCUT2D eigenvalue weighted by Gasteiger charge is 2.10. The maximum Gasteiger partial charge on any atom is 0.274 e. The van der Waals surface area contributed by atoms with Gasteiger partial charge in [-0.25, -0.2) is 0 Å². The normalized spacial score (nSPS) is 10.4. The van der Waals surface area contributed by atoms with E-state index >= 15 is 0 Å². The number of para-hydroxylation sites is 1. The molecule has 0 aliphatic rings. The summed E-state index contributed by atoms with van der Waals surface area (Å²) in [5.41, 5.74) is 6.43. The molecule has 0 radical (unpaired) electrons. The third kappa shape index (κ3) is 4.04. The molecule has 3 rings (SSSR count). The monoisotopic (exact) mass is 331 g/mol. The summed E-state index contributed by atoms with van der Waals surface area (Å²) in [5, 5.41) is 6.27. The van der Waals surface area contributed by atoms with Gasteiger partial charge in [-0.3, -0.25) is 9.78 Å². The van der Waals surface area contributed by atoms with E-state index in [0.717, 1.165) is 33.8 Å². The number of carbonyl (C=O) groups excluding carboxylic acids is 1. The molecule has 1 aromatic heterocycles. The molecule has 0 spiro atoms. The number of carbonyl (C=O) groups is 1. The van der Waals surface area contributed by atoms with Crippen molar-refractivity contribution in [3.05, 3.63) is 83.2 Å². The summed E-state index contributed by atoms with van der Waals surface area (Å²) in [7, 11) is 0. The molecule has 0 saturated heterocycles. The third-order valence-electron chi connectivity index (χ3n) is 4.02. The molecule has 3 aromatic rings. The van der Waals surface area contributed by atoms with Crippen LogP contribution >= 0.6 is 0 Å². The number of nitrogens with zero attached hydrogens (tertiary/aromatic N) is 1. The highest BCUT2D eigenvalue weighted by molar-refractivity contribution is 6.03. The lowest BCUT2D eigenvalue weighted by Gasteiger charge is -2.13. The summed E-state index contributed by atoms with van der Waals surface area (Å²) < 4.78 is 0. The fourth-order valence-electron chi connectivity index (χ4n) is 2.71. The summed E-state index contributed by atoms with van der Waals surface area (Å²) in [5.74, 6) is -0.226. The molecule has 0 saturated carbocycles. The number of aryl methyl sites for hydroxylation is 3. The minimum Gasteiger partial charge on any atom is -0.355 e. The summed E-state index contributed by atoms with van der Waals surface area (Å²) in [6.45, 7) is 6.10. The Morgan fingerprint density at radius 2 is 1.60 bits per heavy atom. The van der Waals surface area contributed by atoms with Gasteiger partial charge in [-0.2, -0.15) is 0 Å². The van der Waals surface area contributed by atoms with Crippen molar-refractivity contribution in [2.24, 2.45) is 0 Å². The van der Waals surface area contributed by atoms with Gasteiger partial charge >= 0.3 is 0 Å². The summed E-state index contributed by atoms with van der Waals surface area (Å²) >= 11 is 0. The number of nitrogens with one attached hydrogen (secondary N) is 2. The van der Waals surface area contributed by atoms with Gasteiger partial charge in [0.05, 0.1) is 0 Å². The van der Waals surface area contributed by atoms with Crippen molar-refractivity contribution in [1.82, 2.24) is 4.98 Å². The van der Waals surface area contributed by atoms with Crippen LogP contribution in [0.3, 0.4) is 0 Å². The first-order chi connectivity index (χ1) is 12.0. The van der Waals surface area contributed by atoms with Crippen LogP contribution in [0.1, 0.15) is 27.2 Å². The van der Waals surface area contributed by atoms with Gasteiger partial charge in [0.25, 0.3) is 5.91 Å². The number of rotatable bonds is 4. The van der Waals surface area contributed by atoms with Crippen LogP contribution in [0.2, 0.25) is 0 Å². The Morgan fingerprint density at radius 3 is 2.32 bits per heavy atom. The Hall–Kier alpha value is -3.14. The molecule has 2 aromatic carbocycles. The van der Waals surface area contributed by atoms with Crippen LogP contribution < -0.4 is 10.6 Å². The average molecular weight is 331 g/mol. The predicted molar refractivity (Wildman–Crippen MR) is 103 cm³/mol. The molecule has 1 heterocycles. The zero-order valence-corrected chi connectivity index (χ0v) is 14.6. The summed E-state index contributed by atoms with van der Waals surface area (Å²) in [6.07, 6.45) is 1.64. The lowest BCUT2D eigenvalue weighted by atomic mass is 10.1. The van der Waals surface area contributed by atoms with Crippen molar-refractivity contribution < 1.29 is 4.79 Å². The minimum absolute atomic E-state index is 0.226. The van der Waals surface area contributed by atoms with Gasteiger partial charge in [-0.15, -0.1) is 0 Å². The van der Waals surface area contributed by atoms with E-state index in [4.69, 9.17) is 0 Å². The van der Waals surface area contributed by atoms with Crippen molar-refractivity contribution in [3.8, 4) is 0 Å². The molecular weight excluding hydrogens is 310 g/mol. The van der Waals surface area contributed by atoms with Gasteiger partial charge in [0.15, 0.2) is 0 Å². The first kappa shape index (κ1) is 16.7. The second-order valence-corrected chi connectivity index (χ2v) is 6.15. The van der Waals surface area contributed by atoms with E-state index in [9.17, 15) is 4.79 Å². The number of anilines is 3. The highest BCUT2D eigenvalue weighted by Crippen LogP contribution is 2.24. The Labute approximate surface area is 147 Å². The van der Waals surface area contributed by atoms with Crippen molar-refractivity contribution in [3.63, 3.8) is 0 Å². The average Bonchev–Trinajstić information content (AvgIpc) is 2.58. The molecule has 4 heteroatoms.